The summed E-state index contributed by atoms with van der Waals surface area (Å²) in [7, 11) is 5.38. The fourth-order valence-corrected chi connectivity index (χ4v) is 3.00. The van der Waals surface area contributed by atoms with Crippen molar-refractivity contribution in [2.45, 2.75) is 0 Å². The van der Waals surface area contributed by atoms with Gasteiger partial charge in [0, 0.05) is 49.9 Å². The molecule has 0 fully saturated rings. The Hall–Kier alpha value is -3.94. The molecule has 0 atom stereocenters. The number of hydrogen-bond acceptors (Lipinski definition) is 6. The SMILES string of the molecule is COc1cccc(-n2nccc2-c2cc(-c3cnc(N(C)C)nc3)c[nH]c2=O)c1. The van der Waals surface area contributed by atoms with Gasteiger partial charge in [0.15, 0.2) is 0 Å². The molecule has 0 aliphatic rings. The monoisotopic (exact) mass is 388 g/mol. The number of H-pyrrole nitrogens is 1. The number of rotatable bonds is 5. The second-order valence-electron chi connectivity index (χ2n) is 6.63. The first-order valence-electron chi connectivity index (χ1n) is 8.98. The summed E-state index contributed by atoms with van der Waals surface area (Å²) in [4.78, 5) is 25.9. The third-order valence-electron chi connectivity index (χ3n) is 4.49. The van der Waals surface area contributed by atoms with Crippen LogP contribution in [-0.2, 0) is 0 Å². The maximum absolute atomic E-state index is 12.6. The summed E-state index contributed by atoms with van der Waals surface area (Å²) < 4.78 is 7.01. The number of nitrogens with one attached hydrogen (secondary N) is 1. The lowest BCUT2D eigenvalue weighted by atomic mass is 10.1. The van der Waals surface area contributed by atoms with Gasteiger partial charge in [0.2, 0.25) is 5.95 Å². The predicted molar refractivity (Wildman–Crippen MR) is 112 cm³/mol. The van der Waals surface area contributed by atoms with Crippen molar-refractivity contribution in [2.24, 2.45) is 0 Å². The number of nitrogens with zero attached hydrogens (tertiary/aromatic N) is 5. The largest absolute Gasteiger partial charge is 0.497 e. The Morgan fingerprint density at radius 3 is 2.59 bits per heavy atom. The molecule has 1 aromatic carbocycles. The number of hydrogen-bond donors (Lipinski definition) is 1. The minimum absolute atomic E-state index is 0.204. The van der Waals surface area contributed by atoms with Crippen LogP contribution in [0.3, 0.4) is 0 Å². The van der Waals surface area contributed by atoms with Gasteiger partial charge in [-0.2, -0.15) is 5.10 Å². The van der Waals surface area contributed by atoms with Gasteiger partial charge < -0.3 is 14.6 Å². The zero-order valence-corrected chi connectivity index (χ0v) is 16.3. The zero-order chi connectivity index (χ0) is 20.4. The van der Waals surface area contributed by atoms with Gasteiger partial charge in [-0.15, -0.1) is 0 Å². The van der Waals surface area contributed by atoms with Crippen LogP contribution in [0.2, 0.25) is 0 Å². The van der Waals surface area contributed by atoms with Gasteiger partial charge >= 0.3 is 0 Å². The third-order valence-corrected chi connectivity index (χ3v) is 4.49. The maximum atomic E-state index is 12.6. The number of pyridine rings is 1. The minimum Gasteiger partial charge on any atom is -0.497 e. The maximum Gasteiger partial charge on any atom is 0.257 e. The third kappa shape index (κ3) is 3.60. The molecule has 0 bridgehead atoms. The molecule has 1 N–H and O–H groups in total. The predicted octanol–water partition coefficient (Wildman–Crippen LogP) is 2.76. The molecule has 3 aromatic heterocycles. The second-order valence-corrected chi connectivity index (χ2v) is 6.63. The van der Waals surface area contributed by atoms with Crippen molar-refractivity contribution in [1.29, 1.82) is 0 Å². The first-order chi connectivity index (χ1) is 14.1. The van der Waals surface area contributed by atoms with Crippen LogP contribution in [0.5, 0.6) is 5.75 Å². The molecule has 8 heteroatoms. The van der Waals surface area contributed by atoms with E-state index in [-0.39, 0.29) is 5.56 Å². The van der Waals surface area contributed by atoms with Crippen LogP contribution in [0, 0.1) is 0 Å². The van der Waals surface area contributed by atoms with E-state index in [0.29, 0.717) is 23.0 Å². The van der Waals surface area contributed by atoms with E-state index in [1.165, 1.54) is 0 Å². The van der Waals surface area contributed by atoms with Crippen molar-refractivity contribution >= 4 is 5.95 Å². The quantitative estimate of drug-likeness (QED) is 0.566. The van der Waals surface area contributed by atoms with E-state index in [9.17, 15) is 4.79 Å². The summed E-state index contributed by atoms with van der Waals surface area (Å²) in [5.74, 6) is 1.33. The van der Waals surface area contributed by atoms with Gasteiger partial charge in [-0.25, -0.2) is 14.6 Å². The van der Waals surface area contributed by atoms with E-state index in [1.54, 1.807) is 42.6 Å². The molecule has 0 aliphatic carbocycles. The highest BCUT2D eigenvalue weighted by atomic mass is 16.5. The summed E-state index contributed by atoms with van der Waals surface area (Å²) in [6.45, 7) is 0. The molecule has 29 heavy (non-hydrogen) atoms. The van der Waals surface area contributed by atoms with Gasteiger partial charge in [-0.1, -0.05) is 6.07 Å². The zero-order valence-electron chi connectivity index (χ0n) is 16.3. The van der Waals surface area contributed by atoms with Crippen LogP contribution in [-0.4, -0.2) is 45.9 Å². The van der Waals surface area contributed by atoms with E-state index in [1.807, 2.05) is 49.3 Å². The van der Waals surface area contributed by atoms with Crippen molar-refractivity contribution in [3.8, 4) is 33.8 Å². The van der Waals surface area contributed by atoms with Gasteiger partial charge in [-0.05, 0) is 24.3 Å². The summed E-state index contributed by atoms with van der Waals surface area (Å²) in [6, 6.07) is 11.1. The van der Waals surface area contributed by atoms with E-state index in [2.05, 4.69) is 20.1 Å². The minimum atomic E-state index is -0.204. The van der Waals surface area contributed by atoms with Crippen LogP contribution in [0.25, 0.3) is 28.1 Å². The topological polar surface area (TPSA) is 88.9 Å². The highest BCUT2D eigenvalue weighted by Gasteiger charge is 2.13. The molecule has 0 saturated carbocycles. The Morgan fingerprint density at radius 2 is 1.86 bits per heavy atom. The van der Waals surface area contributed by atoms with Crippen LogP contribution >= 0.6 is 0 Å². The molecule has 3 heterocycles. The molecular formula is C21H20N6O2. The van der Waals surface area contributed by atoms with Gasteiger partial charge in [0.1, 0.15) is 5.75 Å². The number of benzene rings is 1. The summed E-state index contributed by atoms with van der Waals surface area (Å²) in [5.41, 5.74) is 3.38. The molecule has 4 aromatic rings. The van der Waals surface area contributed by atoms with Crippen LogP contribution in [0.1, 0.15) is 0 Å². The van der Waals surface area contributed by atoms with Crippen molar-refractivity contribution < 1.29 is 4.74 Å². The number of anilines is 1. The summed E-state index contributed by atoms with van der Waals surface area (Å²) >= 11 is 0. The smallest absolute Gasteiger partial charge is 0.257 e. The number of ether oxygens (including phenoxy) is 1. The lowest BCUT2D eigenvalue weighted by Crippen LogP contribution is -2.13. The van der Waals surface area contributed by atoms with Crippen LogP contribution < -0.4 is 15.2 Å². The highest BCUT2D eigenvalue weighted by Crippen LogP contribution is 2.25. The molecular weight excluding hydrogens is 368 g/mol. The molecule has 0 aliphatic heterocycles. The Kier molecular flexibility index (Phi) is 4.82. The molecule has 4 rings (SSSR count). The number of methoxy groups -OCH3 is 1. The fraction of sp³-hybridized carbons (Fsp3) is 0.143. The van der Waals surface area contributed by atoms with Gasteiger partial charge in [-0.3, -0.25) is 4.79 Å². The average molecular weight is 388 g/mol. The number of aromatic amines is 1. The van der Waals surface area contributed by atoms with Crippen molar-refractivity contribution in [2.75, 3.05) is 26.1 Å². The van der Waals surface area contributed by atoms with Gasteiger partial charge in [0.05, 0.1) is 30.3 Å². The van der Waals surface area contributed by atoms with Crippen molar-refractivity contribution in [3.63, 3.8) is 0 Å². The van der Waals surface area contributed by atoms with E-state index in [0.717, 1.165) is 16.8 Å². The lowest BCUT2D eigenvalue weighted by molar-refractivity contribution is 0.414. The van der Waals surface area contributed by atoms with E-state index >= 15 is 0 Å². The Morgan fingerprint density at radius 1 is 1.07 bits per heavy atom. The summed E-state index contributed by atoms with van der Waals surface area (Å²) in [5, 5.41) is 4.39. The molecule has 0 spiro atoms. The highest BCUT2D eigenvalue weighted by molar-refractivity contribution is 5.70. The molecule has 0 amide bonds. The summed E-state index contributed by atoms with van der Waals surface area (Å²) in [6.07, 6.45) is 6.79. The van der Waals surface area contributed by atoms with Crippen LogP contribution in [0.4, 0.5) is 5.95 Å². The van der Waals surface area contributed by atoms with Crippen molar-refractivity contribution in [3.05, 3.63) is 71.5 Å². The van der Waals surface area contributed by atoms with Crippen molar-refractivity contribution in [1.82, 2.24) is 24.7 Å². The Bertz CT molecular complexity index is 1190. The molecule has 8 nitrogen and oxygen atoms in total. The Labute approximate surface area is 167 Å². The first kappa shape index (κ1) is 18.4. The Balaban J connectivity index is 1.78. The lowest BCUT2D eigenvalue weighted by Gasteiger charge is -2.11. The molecule has 0 unspecified atom stereocenters. The standard InChI is InChI=1S/C21H20N6O2/c1-26(2)21-23-12-15(13-24-21)14-9-18(20(28)22-11-14)19-7-8-25-27(19)16-5-4-6-17(10-16)29-3/h4-13H,1-3H3,(H,22,28). The van der Waals surface area contributed by atoms with Crippen LogP contribution in [0.15, 0.2) is 66.0 Å². The normalized spacial score (nSPS) is 10.7. The fourth-order valence-electron chi connectivity index (χ4n) is 3.00. The molecule has 146 valence electrons. The first-order valence-corrected chi connectivity index (χ1v) is 8.98. The number of aromatic nitrogens is 5. The average Bonchev–Trinajstić information content (AvgIpc) is 3.24. The van der Waals surface area contributed by atoms with Gasteiger partial charge in [0.25, 0.3) is 5.56 Å². The van der Waals surface area contributed by atoms with E-state index in [4.69, 9.17) is 4.74 Å². The molecule has 0 radical (unpaired) electrons. The second kappa shape index (κ2) is 7.59. The molecule has 0 saturated heterocycles. The van der Waals surface area contributed by atoms with E-state index < -0.39 is 0 Å².